The van der Waals surface area contributed by atoms with Crippen LogP contribution in [-0.4, -0.2) is 5.11 Å². The molecule has 2 atom stereocenters. The van der Waals surface area contributed by atoms with E-state index >= 15 is 0 Å². The lowest BCUT2D eigenvalue weighted by Crippen LogP contribution is -2.18. The Morgan fingerprint density at radius 2 is 1.72 bits per heavy atom. The molecule has 0 aromatic heterocycles. The van der Waals surface area contributed by atoms with Gasteiger partial charge in [0.2, 0.25) is 0 Å². The number of benzene rings is 2. The molecular formula is C17H18O. The molecule has 0 saturated heterocycles. The third-order valence-corrected chi connectivity index (χ3v) is 3.99. The van der Waals surface area contributed by atoms with Crippen molar-refractivity contribution in [3.63, 3.8) is 0 Å². The van der Waals surface area contributed by atoms with Crippen LogP contribution in [0.25, 0.3) is 0 Å². The highest BCUT2D eigenvalue weighted by Crippen LogP contribution is 2.40. The van der Waals surface area contributed by atoms with E-state index in [1.54, 1.807) is 0 Å². The fraction of sp³-hybridized carbons (Fsp3) is 0.294. The van der Waals surface area contributed by atoms with Crippen LogP contribution in [0, 0.1) is 6.92 Å². The first-order chi connectivity index (χ1) is 8.75. The van der Waals surface area contributed by atoms with Crippen molar-refractivity contribution in [2.45, 2.75) is 31.8 Å². The molecule has 0 saturated carbocycles. The molecule has 0 bridgehead atoms. The maximum Gasteiger partial charge on any atom is 0.0861 e. The van der Waals surface area contributed by atoms with E-state index in [1.165, 1.54) is 16.7 Å². The van der Waals surface area contributed by atoms with Crippen molar-refractivity contribution in [3.8, 4) is 0 Å². The lowest BCUT2D eigenvalue weighted by molar-refractivity contribution is 0.131. The summed E-state index contributed by atoms with van der Waals surface area (Å²) in [7, 11) is 0. The van der Waals surface area contributed by atoms with Crippen LogP contribution in [0.3, 0.4) is 0 Å². The van der Waals surface area contributed by atoms with Gasteiger partial charge in [-0.2, -0.15) is 0 Å². The van der Waals surface area contributed by atoms with Gasteiger partial charge < -0.3 is 5.11 Å². The lowest BCUT2D eigenvalue weighted by atomic mass is 9.78. The van der Waals surface area contributed by atoms with Gasteiger partial charge in [-0.1, -0.05) is 54.1 Å². The summed E-state index contributed by atoms with van der Waals surface area (Å²) in [6.07, 6.45) is 1.73. The smallest absolute Gasteiger partial charge is 0.0861 e. The van der Waals surface area contributed by atoms with Gasteiger partial charge in [-0.3, -0.25) is 0 Å². The molecular weight excluding hydrogens is 220 g/mol. The molecule has 1 nitrogen and oxygen atoms in total. The van der Waals surface area contributed by atoms with Crippen LogP contribution in [0.5, 0.6) is 0 Å². The molecule has 1 heteroatoms. The van der Waals surface area contributed by atoms with Crippen molar-refractivity contribution in [1.29, 1.82) is 0 Å². The van der Waals surface area contributed by atoms with E-state index in [2.05, 4.69) is 49.4 Å². The molecule has 0 fully saturated rings. The number of aliphatic hydroxyl groups is 1. The number of aliphatic hydroxyl groups excluding tert-OH is 1. The molecule has 2 aromatic carbocycles. The van der Waals surface area contributed by atoms with Gasteiger partial charge in [0.1, 0.15) is 0 Å². The molecule has 0 aliphatic heterocycles. The van der Waals surface area contributed by atoms with Crippen molar-refractivity contribution in [3.05, 3.63) is 70.8 Å². The van der Waals surface area contributed by atoms with Crippen molar-refractivity contribution in [2.75, 3.05) is 0 Å². The first-order valence-electron chi connectivity index (χ1n) is 6.58. The summed E-state index contributed by atoms with van der Waals surface area (Å²) >= 11 is 0. The molecule has 0 spiro atoms. The van der Waals surface area contributed by atoms with Crippen LogP contribution in [0.1, 0.15) is 40.7 Å². The number of aryl methyl sites for hydroxylation is 2. The summed E-state index contributed by atoms with van der Waals surface area (Å²) in [6.45, 7) is 2.09. The Morgan fingerprint density at radius 3 is 2.50 bits per heavy atom. The predicted octanol–water partition coefficient (Wildman–Crippen LogP) is 3.76. The molecule has 0 radical (unpaired) electrons. The number of fused-ring (bicyclic) bond motifs is 1. The zero-order valence-corrected chi connectivity index (χ0v) is 10.6. The monoisotopic (exact) mass is 238 g/mol. The van der Waals surface area contributed by atoms with E-state index in [-0.39, 0.29) is 12.0 Å². The van der Waals surface area contributed by atoms with Gasteiger partial charge in [0.15, 0.2) is 0 Å². The SMILES string of the molecule is Cc1ccc(C2CCc3ccccc3C2O)cc1. The molecule has 1 N–H and O–H groups in total. The normalized spacial score (nSPS) is 22.6. The molecule has 0 heterocycles. The molecule has 3 rings (SSSR count). The molecule has 2 aromatic rings. The average molecular weight is 238 g/mol. The van der Waals surface area contributed by atoms with Gasteiger partial charge in [-0.25, -0.2) is 0 Å². The zero-order valence-electron chi connectivity index (χ0n) is 10.6. The molecule has 2 unspecified atom stereocenters. The van der Waals surface area contributed by atoms with E-state index in [9.17, 15) is 5.11 Å². The highest BCUT2D eigenvalue weighted by Gasteiger charge is 2.28. The largest absolute Gasteiger partial charge is 0.388 e. The minimum absolute atomic E-state index is 0.237. The third kappa shape index (κ3) is 1.95. The summed E-state index contributed by atoms with van der Waals surface area (Å²) < 4.78 is 0. The second kappa shape index (κ2) is 4.58. The van der Waals surface area contributed by atoms with E-state index < -0.39 is 0 Å². The van der Waals surface area contributed by atoms with Gasteiger partial charge >= 0.3 is 0 Å². The van der Waals surface area contributed by atoms with Crippen LogP contribution >= 0.6 is 0 Å². The Kier molecular flexibility index (Phi) is 2.92. The highest BCUT2D eigenvalue weighted by atomic mass is 16.3. The van der Waals surface area contributed by atoms with Crippen molar-refractivity contribution in [1.82, 2.24) is 0 Å². The summed E-state index contributed by atoms with van der Waals surface area (Å²) in [5, 5.41) is 10.5. The van der Waals surface area contributed by atoms with Crippen molar-refractivity contribution in [2.24, 2.45) is 0 Å². The minimum Gasteiger partial charge on any atom is -0.388 e. The van der Waals surface area contributed by atoms with E-state index in [1.807, 2.05) is 6.07 Å². The Labute approximate surface area is 108 Å². The number of rotatable bonds is 1. The summed E-state index contributed by atoms with van der Waals surface area (Å²) in [5.41, 5.74) is 4.93. The fourth-order valence-corrected chi connectivity index (χ4v) is 2.90. The zero-order chi connectivity index (χ0) is 12.5. The van der Waals surface area contributed by atoms with Gasteiger partial charge in [0.05, 0.1) is 6.10 Å². The Balaban J connectivity index is 1.95. The molecule has 18 heavy (non-hydrogen) atoms. The summed E-state index contributed by atoms with van der Waals surface area (Å²) in [4.78, 5) is 0. The topological polar surface area (TPSA) is 20.2 Å². The quantitative estimate of drug-likeness (QED) is 0.802. The van der Waals surface area contributed by atoms with Crippen LogP contribution < -0.4 is 0 Å². The number of hydrogen-bond donors (Lipinski definition) is 1. The van der Waals surface area contributed by atoms with E-state index in [0.29, 0.717) is 0 Å². The van der Waals surface area contributed by atoms with Crippen LogP contribution in [-0.2, 0) is 6.42 Å². The van der Waals surface area contributed by atoms with Crippen LogP contribution in [0.4, 0.5) is 0 Å². The van der Waals surface area contributed by atoms with Crippen LogP contribution in [0.2, 0.25) is 0 Å². The van der Waals surface area contributed by atoms with Crippen molar-refractivity contribution < 1.29 is 5.11 Å². The molecule has 0 amide bonds. The Hall–Kier alpha value is -1.60. The summed E-state index contributed by atoms with van der Waals surface area (Å²) in [6, 6.07) is 16.8. The van der Waals surface area contributed by atoms with Gasteiger partial charge in [0, 0.05) is 5.92 Å². The standard InChI is InChI=1S/C17H18O/c1-12-6-8-14(9-7-12)16-11-10-13-4-2-3-5-15(13)17(16)18/h2-9,16-18H,10-11H2,1H3. The second-order valence-corrected chi connectivity index (χ2v) is 5.20. The second-order valence-electron chi connectivity index (χ2n) is 5.20. The van der Waals surface area contributed by atoms with Gasteiger partial charge in [-0.15, -0.1) is 0 Å². The fourth-order valence-electron chi connectivity index (χ4n) is 2.90. The molecule has 1 aliphatic carbocycles. The van der Waals surface area contributed by atoms with Gasteiger partial charge in [-0.05, 0) is 36.5 Å². The maximum absolute atomic E-state index is 10.5. The first kappa shape index (κ1) is 11.5. The van der Waals surface area contributed by atoms with E-state index in [4.69, 9.17) is 0 Å². The lowest BCUT2D eigenvalue weighted by Gasteiger charge is -2.30. The Morgan fingerprint density at radius 1 is 1.00 bits per heavy atom. The third-order valence-electron chi connectivity index (χ3n) is 3.99. The van der Waals surface area contributed by atoms with Crippen LogP contribution in [0.15, 0.2) is 48.5 Å². The van der Waals surface area contributed by atoms with Gasteiger partial charge in [0.25, 0.3) is 0 Å². The van der Waals surface area contributed by atoms with Crippen molar-refractivity contribution >= 4 is 0 Å². The predicted molar refractivity (Wildman–Crippen MR) is 73.6 cm³/mol. The average Bonchev–Trinajstić information content (AvgIpc) is 2.41. The molecule has 1 aliphatic rings. The maximum atomic E-state index is 10.5. The first-order valence-corrected chi connectivity index (χ1v) is 6.58. The highest BCUT2D eigenvalue weighted by molar-refractivity contribution is 5.36. The minimum atomic E-state index is -0.363. The summed E-state index contributed by atoms with van der Waals surface area (Å²) in [5.74, 6) is 0.237. The van der Waals surface area contributed by atoms with E-state index in [0.717, 1.165) is 18.4 Å². The molecule has 92 valence electrons. The Bertz CT molecular complexity index is 542. The number of hydrogen-bond acceptors (Lipinski definition) is 1.